The Bertz CT molecular complexity index is 838. The number of aromatic nitrogens is 3. The zero-order valence-electron chi connectivity index (χ0n) is 14.1. The van der Waals surface area contributed by atoms with Gasteiger partial charge in [-0.05, 0) is 43.4 Å². The highest BCUT2D eigenvalue weighted by atomic mass is 15.2. The van der Waals surface area contributed by atoms with Crippen LogP contribution in [0.4, 0.5) is 0 Å². The summed E-state index contributed by atoms with van der Waals surface area (Å²) < 4.78 is 0. The monoisotopic (exact) mass is 318 g/mol. The predicted molar refractivity (Wildman–Crippen MR) is 94.8 cm³/mol. The molecule has 2 unspecified atom stereocenters. The summed E-state index contributed by atoms with van der Waals surface area (Å²) in [5.41, 5.74) is 5.38. The van der Waals surface area contributed by atoms with Gasteiger partial charge < -0.3 is 0 Å². The zero-order valence-corrected chi connectivity index (χ0v) is 14.1. The molecule has 1 aliphatic rings. The van der Waals surface area contributed by atoms with E-state index >= 15 is 0 Å². The SMILES string of the molecule is Cc1ccc2c(c1)C(NC(c1ccccc1)c1n[nH]c(C)n1)CC2. The lowest BCUT2D eigenvalue weighted by Crippen LogP contribution is -2.27. The molecule has 2 aromatic carbocycles. The molecule has 3 aromatic rings. The van der Waals surface area contributed by atoms with E-state index in [2.05, 4.69) is 69.9 Å². The van der Waals surface area contributed by atoms with Gasteiger partial charge in [0.05, 0.1) is 6.04 Å². The van der Waals surface area contributed by atoms with E-state index in [-0.39, 0.29) is 6.04 Å². The van der Waals surface area contributed by atoms with Gasteiger partial charge in [0.2, 0.25) is 0 Å². The van der Waals surface area contributed by atoms with Gasteiger partial charge >= 0.3 is 0 Å². The molecule has 0 aliphatic heterocycles. The van der Waals surface area contributed by atoms with Gasteiger partial charge in [-0.2, -0.15) is 5.10 Å². The fourth-order valence-corrected chi connectivity index (χ4v) is 3.55. The van der Waals surface area contributed by atoms with Crippen LogP contribution in [0, 0.1) is 13.8 Å². The van der Waals surface area contributed by atoms with Crippen LogP contribution in [0.1, 0.15) is 52.4 Å². The topological polar surface area (TPSA) is 53.6 Å². The number of hydrogen-bond donors (Lipinski definition) is 2. The van der Waals surface area contributed by atoms with Crippen LogP contribution >= 0.6 is 0 Å². The van der Waals surface area contributed by atoms with Crippen LogP contribution in [0.25, 0.3) is 0 Å². The molecule has 24 heavy (non-hydrogen) atoms. The number of hydrogen-bond acceptors (Lipinski definition) is 3. The highest BCUT2D eigenvalue weighted by Crippen LogP contribution is 2.34. The first-order chi connectivity index (χ1) is 11.7. The van der Waals surface area contributed by atoms with E-state index in [0.29, 0.717) is 6.04 Å². The molecule has 1 heterocycles. The molecule has 2 atom stereocenters. The molecular weight excluding hydrogens is 296 g/mol. The van der Waals surface area contributed by atoms with Crippen LogP contribution in [0.5, 0.6) is 0 Å². The van der Waals surface area contributed by atoms with Gasteiger partial charge in [0, 0.05) is 6.04 Å². The van der Waals surface area contributed by atoms with Gasteiger partial charge in [0.15, 0.2) is 5.82 Å². The van der Waals surface area contributed by atoms with Crippen molar-refractivity contribution in [2.75, 3.05) is 0 Å². The lowest BCUT2D eigenvalue weighted by Gasteiger charge is -2.22. The van der Waals surface area contributed by atoms with Crippen molar-refractivity contribution in [3.8, 4) is 0 Å². The molecule has 4 nitrogen and oxygen atoms in total. The molecule has 0 fully saturated rings. The third kappa shape index (κ3) is 2.85. The van der Waals surface area contributed by atoms with E-state index in [1.807, 2.05) is 13.0 Å². The van der Waals surface area contributed by atoms with E-state index in [0.717, 1.165) is 24.5 Å². The fourth-order valence-electron chi connectivity index (χ4n) is 3.55. The summed E-state index contributed by atoms with van der Waals surface area (Å²) in [4.78, 5) is 4.57. The maximum atomic E-state index is 4.57. The average Bonchev–Trinajstić information content (AvgIpc) is 3.19. The number of rotatable bonds is 4. The van der Waals surface area contributed by atoms with Crippen LogP contribution in [0.3, 0.4) is 0 Å². The Morgan fingerprint density at radius 1 is 1.12 bits per heavy atom. The van der Waals surface area contributed by atoms with Crippen molar-refractivity contribution >= 4 is 0 Å². The van der Waals surface area contributed by atoms with Gasteiger partial charge in [0.1, 0.15) is 5.82 Å². The second kappa shape index (κ2) is 6.21. The summed E-state index contributed by atoms with van der Waals surface area (Å²) in [7, 11) is 0. The normalized spacial score (nSPS) is 17.7. The second-order valence-electron chi connectivity index (χ2n) is 6.58. The molecular formula is C20H22N4. The molecule has 0 spiro atoms. The van der Waals surface area contributed by atoms with Crippen molar-refractivity contribution in [3.63, 3.8) is 0 Å². The molecule has 4 rings (SSSR count). The summed E-state index contributed by atoms with van der Waals surface area (Å²) >= 11 is 0. The molecule has 0 bridgehead atoms. The number of fused-ring (bicyclic) bond motifs is 1. The molecule has 0 saturated carbocycles. The molecule has 4 heteroatoms. The van der Waals surface area contributed by atoms with Crippen LogP contribution < -0.4 is 5.32 Å². The van der Waals surface area contributed by atoms with Gasteiger partial charge in [-0.15, -0.1) is 0 Å². The molecule has 0 radical (unpaired) electrons. The highest BCUT2D eigenvalue weighted by molar-refractivity contribution is 5.38. The van der Waals surface area contributed by atoms with Gasteiger partial charge in [-0.3, -0.25) is 10.4 Å². The van der Waals surface area contributed by atoms with Gasteiger partial charge in [0.25, 0.3) is 0 Å². The van der Waals surface area contributed by atoms with Gasteiger partial charge in [-0.25, -0.2) is 4.98 Å². The number of aryl methyl sites for hydroxylation is 3. The maximum Gasteiger partial charge on any atom is 0.172 e. The van der Waals surface area contributed by atoms with Crippen LogP contribution in [0.15, 0.2) is 48.5 Å². The largest absolute Gasteiger partial charge is 0.297 e. The third-order valence-corrected chi connectivity index (χ3v) is 4.75. The first-order valence-corrected chi connectivity index (χ1v) is 8.50. The standard InChI is InChI=1S/C20H22N4/c1-13-8-9-15-10-11-18(17(15)12-13)22-19(16-6-4-3-5-7-16)20-21-14(2)23-24-20/h3-9,12,18-19,22H,10-11H2,1-2H3,(H,21,23,24). The van der Waals surface area contributed by atoms with Crippen molar-refractivity contribution < 1.29 is 0 Å². The number of nitrogens with one attached hydrogen (secondary N) is 2. The summed E-state index contributed by atoms with van der Waals surface area (Å²) in [6, 6.07) is 17.5. The minimum Gasteiger partial charge on any atom is -0.297 e. The Balaban J connectivity index is 1.68. The Hall–Kier alpha value is -2.46. The molecule has 2 N–H and O–H groups in total. The molecule has 122 valence electrons. The Kier molecular flexibility index (Phi) is 3.90. The van der Waals surface area contributed by atoms with E-state index in [9.17, 15) is 0 Å². The Morgan fingerprint density at radius 3 is 2.71 bits per heavy atom. The van der Waals surface area contributed by atoms with E-state index in [4.69, 9.17) is 0 Å². The summed E-state index contributed by atoms with van der Waals surface area (Å²) in [5.74, 6) is 1.65. The minimum absolute atomic E-state index is 0.00684. The van der Waals surface area contributed by atoms with Crippen LogP contribution in [-0.4, -0.2) is 15.2 Å². The van der Waals surface area contributed by atoms with Gasteiger partial charge in [-0.1, -0.05) is 54.1 Å². The lowest BCUT2D eigenvalue weighted by molar-refractivity contribution is 0.470. The maximum absolute atomic E-state index is 4.57. The van der Waals surface area contributed by atoms with Crippen molar-refractivity contribution in [3.05, 3.63) is 82.4 Å². The highest BCUT2D eigenvalue weighted by Gasteiger charge is 2.27. The number of H-pyrrole nitrogens is 1. The quantitative estimate of drug-likeness (QED) is 0.769. The van der Waals surface area contributed by atoms with Crippen molar-refractivity contribution in [1.29, 1.82) is 0 Å². The minimum atomic E-state index is -0.00684. The zero-order chi connectivity index (χ0) is 16.5. The van der Waals surface area contributed by atoms with Crippen LogP contribution in [0.2, 0.25) is 0 Å². The smallest absolute Gasteiger partial charge is 0.172 e. The van der Waals surface area contributed by atoms with Crippen LogP contribution in [-0.2, 0) is 6.42 Å². The van der Waals surface area contributed by atoms with E-state index < -0.39 is 0 Å². The van der Waals surface area contributed by atoms with Crippen molar-refractivity contribution in [2.24, 2.45) is 0 Å². The van der Waals surface area contributed by atoms with Crippen molar-refractivity contribution in [2.45, 2.75) is 38.8 Å². The Labute approximate surface area is 142 Å². The molecule has 0 amide bonds. The number of benzene rings is 2. The Morgan fingerprint density at radius 2 is 1.96 bits per heavy atom. The lowest BCUT2D eigenvalue weighted by atomic mass is 10.0. The first kappa shape index (κ1) is 15.1. The first-order valence-electron chi connectivity index (χ1n) is 8.50. The summed E-state index contributed by atoms with van der Waals surface area (Å²) in [6.07, 6.45) is 2.24. The molecule has 0 saturated heterocycles. The predicted octanol–water partition coefficient (Wildman–Crippen LogP) is 3.79. The summed E-state index contributed by atoms with van der Waals surface area (Å²) in [6.45, 7) is 4.09. The van der Waals surface area contributed by atoms with E-state index in [1.54, 1.807) is 0 Å². The van der Waals surface area contributed by atoms with Crippen molar-refractivity contribution in [1.82, 2.24) is 20.5 Å². The molecule has 1 aromatic heterocycles. The molecule has 1 aliphatic carbocycles. The number of aromatic amines is 1. The van der Waals surface area contributed by atoms with E-state index in [1.165, 1.54) is 22.3 Å². The summed E-state index contributed by atoms with van der Waals surface area (Å²) in [5, 5.41) is 11.2. The second-order valence-corrected chi connectivity index (χ2v) is 6.58. The number of nitrogens with zero attached hydrogens (tertiary/aromatic N) is 2. The fraction of sp³-hybridized carbons (Fsp3) is 0.300. The third-order valence-electron chi connectivity index (χ3n) is 4.75. The average molecular weight is 318 g/mol.